The van der Waals surface area contributed by atoms with Gasteiger partial charge in [-0.25, -0.2) is 4.79 Å². The highest BCUT2D eigenvalue weighted by Gasteiger charge is 2.21. The number of hydrogen-bond donors (Lipinski definition) is 3. The van der Waals surface area contributed by atoms with Crippen molar-refractivity contribution in [3.63, 3.8) is 0 Å². The number of nitrogens with one attached hydrogen (secondary N) is 1. The van der Waals surface area contributed by atoms with Crippen LogP contribution in [0.4, 0.5) is 5.69 Å². The third-order valence-corrected chi connectivity index (χ3v) is 3.50. The van der Waals surface area contributed by atoms with Crippen LogP contribution in [0.3, 0.4) is 0 Å². The largest absolute Gasteiger partial charge is 0.507 e. The Labute approximate surface area is 148 Å². The molecule has 0 bridgehead atoms. The zero-order valence-electron chi connectivity index (χ0n) is 13.2. The average molecular weight is 363 g/mol. The molecule has 2 aromatic rings. The SMILES string of the molecule is C[C@@H](OC(=O)c1ccc(Cl)cc1O)C(=O)Nc1ccc(C(N)=O)cc1. The molecule has 0 radical (unpaired) electrons. The average Bonchev–Trinajstić information content (AvgIpc) is 2.55. The van der Waals surface area contributed by atoms with E-state index in [0.29, 0.717) is 11.3 Å². The summed E-state index contributed by atoms with van der Waals surface area (Å²) in [6.07, 6.45) is -1.11. The normalized spacial score (nSPS) is 11.4. The van der Waals surface area contributed by atoms with Gasteiger partial charge in [-0.05, 0) is 49.4 Å². The number of anilines is 1. The summed E-state index contributed by atoms with van der Waals surface area (Å²) in [6.45, 7) is 1.39. The number of rotatable bonds is 5. The van der Waals surface area contributed by atoms with Crippen molar-refractivity contribution in [1.29, 1.82) is 0 Å². The molecule has 0 aromatic heterocycles. The second-order valence-corrected chi connectivity index (χ2v) is 5.58. The van der Waals surface area contributed by atoms with E-state index in [9.17, 15) is 19.5 Å². The van der Waals surface area contributed by atoms with Crippen LogP contribution in [0.1, 0.15) is 27.6 Å². The zero-order chi connectivity index (χ0) is 18.6. The number of halogens is 1. The number of primary amides is 1. The van der Waals surface area contributed by atoms with Crippen LogP contribution in [-0.2, 0) is 9.53 Å². The number of ether oxygens (including phenoxy) is 1. The summed E-state index contributed by atoms with van der Waals surface area (Å²) in [5.41, 5.74) is 5.74. The number of esters is 1. The molecule has 1 atom stereocenters. The molecule has 0 saturated carbocycles. The highest BCUT2D eigenvalue weighted by Crippen LogP contribution is 2.23. The molecule has 7 nitrogen and oxygen atoms in total. The first-order valence-electron chi connectivity index (χ1n) is 7.18. The number of phenols is 1. The Kier molecular flexibility index (Phi) is 5.61. The first-order chi connectivity index (χ1) is 11.8. The minimum absolute atomic E-state index is 0.102. The molecule has 4 N–H and O–H groups in total. The molecule has 2 amide bonds. The molecule has 0 saturated heterocycles. The van der Waals surface area contributed by atoms with Gasteiger partial charge in [0, 0.05) is 16.3 Å². The first-order valence-corrected chi connectivity index (χ1v) is 7.56. The van der Waals surface area contributed by atoms with Gasteiger partial charge in [-0.2, -0.15) is 0 Å². The van der Waals surface area contributed by atoms with Crippen LogP contribution in [0, 0.1) is 0 Å². The van der Waals surface area contributed by atoms with E-state index in [2.05, 4.69) is 5.32 Å². The summed E-state index contributed by atoms with van der Waals surface area (Å²) in [4.78, 5) is 35.1. The van der Waals surface area contributed by atoms with Crippen molar-refractivity contribution >= 4 is 35.1 Å². The van der Waals surface area contributed by atoms with Crippen molar-refractivity contribution in [3.05, 3.63) is 58.6 Å². The van der Waals surface area contributed by atoms with Gasteiger partial charge in [0.2, 0.25) is 5.91 Å². The second kappa shape index (κ2) is 7.67. The van der Waals surface area contributed by atoms with E-state index in [1.165, 1.54) is 49.4 Å². The Morgan fingerprint density at radius 3 is 2.36 bits per heavy atom. The molecule has 0 spiro atoms. The monoisotopic (exact) mass is 362 g/mol. The van der Waals surface area contributed by atoms with E-state index < -0.39 is 23.9 Å². The van der Waals surface area contributed by atoms with E-state index in [0.717, 1.165) is 0 Å². The lowest BCUT2D eigenvalue weighted by molar-refractivity contribution is -0.123. The van der Waals surface area contributed by atoms with E-state index in [4.69, 9.17) is 22.1 Å². The van der Waals surface area contributed by atoms with Crippen LogP contribution in [0.25, 0.3) is 0 Å². The molecule has 0 unspecified atom stereocenters. The molecule has 8 heteroatoms. The lowest BCUT2D eigenvalue weighted by Crippen LogP contribution is -2.30. The second-order valence-electron chi connectivity index (χ2n) is 5.14. The summed E-state index contributed by atoms with van der Waals surface area (Å²) in [5, 5.41) is 12.5. The van der Waals surface area contributed by atoms with E-state index >= 15 is 0 Å². The third-order valence-electron chi connectivity index (χ3n) is 3.27. The number of hydrogen-bond acceptors (Lipinski definition) is 5. The van der Waals surface area contributed by atoms with Crippen molar-refractivity contribution < 1.29 is 24.2 Å². The lowest BCUT2D eigenvalue weighted by Gasteiger charge is -2.14. The van der Waals surface area contributed by atoms with Crippen molar-refractivity contribution in [2.75, 3.05) is 5.32 Å². The molecule has 2 rings (SSSR count). The van der Waals surface area contributed by atoms with Crippen LogP contribution in [0.15, 0.2) is 42.5 Å². The molecule has 0 aliphatic heterocycles. The fourth-order valence-electron chi connectivity index (χ4n) is 1.92. The van der Waals surface area contributed by atoms with Crippen LogP contribution in [0.5, 0.6) is 5.75 Å². The number of carbonyl (C=O) groups is 3. The van der Waals surface area contributed by atoms with E-state index in [1.807, 2.05) is 0 Å². The van der Waals surface area contributed by atoms with Crippen molar-refractivity contribution in [1.82, 2.24) is 0 Å². The maximum atomic E-state index is 12.1. The molecule has 0 aliphatic rings. The van der Waals surface area contributed by atoms with Gasteiger partial charge >= 0.3 is 5.97 Å². The minimum Gasteiger partial charge on any atom is -0.507 e. The number of nitrogens with two attached hydrogens (primary N) is 1. The van der Waals surface area contributed by atoms with E-state index in [1.54, 1.807) is 0 Å². The Hall–Kier alpha value is -3.06. The predicted octanol–water partition coefficient (Wildman–Crippen LogP) is 2.33. The number of amides is 2. The fraction of sp³-hybridized carbons (Fsp3) is 0.118. The third kappa shape index (κ3) is 4.71. The maximum Gasteiger partial charge on any atom is 0.342 e. The first kappa shape index (κ1) is 18.3. The lowest BCUT2D eigenvalue weighted by atomic mass is 10.2. The quantitative estimate of drug-likeness (QED) is 0.705. The van der Waals surface area contributed by atoms with Gasteiger partial charge in [0.25, 0.3) is 5.91 Å². The minimum atomic E-state index is -1.11. The van der Waals surface area contributed by atoms with Gasteiger partial charge in [0.15, 0.2) is 6.10 Å². The van der Waals surface area contributed by atoms with E-state index in [-0.39, 0.29) is 16.3 Å². The van der Waals surface area contributed by atoms with Gasteiger partial charge in [0.1, 0.15) is 11.3 Å². The van der Waals surface area contributed by atoms with Gasteiger partial charge in [-0.15, -0.1) is 0 Å². The summed E-state index contributed by atoms with van der Waals surface area (Å²) < 4.78 is 5.02. The van der Waals surface area contributed by atoms with Gasteiger partial charge in [-0.3, -0.25) is 9.59 Å². The molecule has 130 valence electrons. The van der Waals surface area contributed by atoms with Crippen LogP contribution < -0.4 is 11.1 Å². The highest BCUT2D eigenvalue weighted by atomic mass is 35.5. The Bertz CT molecular complexity index is 820. The Balaban J connectivity index is 1.99. The van der Waals surface area contributed by atoms with Crippen LogP contribution in [0.2, 0.25) is 5.02 Å². The summed E-state index contributed by atoms with van der Waals surface area (Å²) >= 11 is 5.69. The number of phenolic OH excluding ortho intramolecular Hbond substituents is 1. The van der Waals surface area contributed by atoms with Crippen molar-refractivity contribution in [3.8, 4) is 5.75 Å². The molecular formula is C17H15ClN2O5. The molecule has 0 fully saturated rings. The number of benzene rings is 2. The van der Waals surface area contributed by atoms with Crippen LogP contribution in [-0.4, -0.2) is 29.0 Å². The highest BCUT2D eigenvalue weighted by molar-refractivity contribution is 6.30. The summed E-state index contributed by atoms with van der Waals surface area (Å²) in [7, 11) is 0. The van der Waals surface area contributed by atoms with Gasteiger partial charge in [0.05, 0.1) is 0 Å². The summed E-state index contributed by atoms with van der Waals surface area (Å²) in [6, 6.07) is 9.83. The zero-order valence-corrected chi connectivity index (χ0v) is 13.9. The Morgan fingerprint density at radius 2 is 1.80 bits per heavy atom. The smallest absolute Gasteiger partial charge is 0.342 e. The number of aromatic hydroxyl groups is 1. The van der Waals surface area contributed by atoms with Gasteiger partial charge in [-0.1, -0.05) is 11.6 Å². The maximum absolute atomic E-state index is 12.1. The molecule has 2 aromatic carbocycles. The summed E-state index contributed by atoms with van der Waals surface area (Å²) in [5.74, 6) is -2.36. The van der Waals surface area contributed by atoms with Crippen molar-refractivity contribution in [2.24, 2.45) is 5.73 Å². The Morgan fingerprint density at radius 1 is 1.16 bits per heavy atom. The molecular weight excluding hydrogens is 348 g/mol. The fourth-order valence-corrected chi connectivity index (χ4v) is 2.08. The molecule has 0 heterocycles. The standard InChI is InChI=1S/C17H15ClN2O5/c1-9(25-17(24)13-7-4-11(18)8-14(13)21)16(23)20-12-5-2-10(3-6-12)15(19)22/h2-9,21H,1H3,(H2,19,22)(H,20,23)/t9-/m1/s1. The van der Waals surface area contributed by atoms with Crippen LogP contribution >= 0.6 is 11.6 Å². The molecule has 25 heavy (non-hydrogen) atoms. The topological polar surface area (TPSA) is 119 Å². The van der Waals surface area contributed by atoms with Gasteiger partial charge < -0.3 is 20.9 Å². The number of carbonyl (C=O) groups excluding carboxylic acids is 3. The van der Waals surface area contributed by atoms with Crippen molar-refractivity contribution in [2.45, 2.75) is 13.0 Å². The predicted molar refractivity (Wildman–Crippen MR) is 91.6 cm³/mol. The molecule has 0 aliphatic carbocycles.